The average molecular weight is 298 g/mol. The van der Waals surface area contributed by atoms with E-state index in [9.17, 15) is 10.1 Å². The number of nitro groups is 1. The first kappa shape index (κ1) is 15.1. The molecule has 0 spiro atoms. The zero-order valence-corrected chi connectivity index (χ0v) is 12.6. The molecule has 2 aromatic carbocycles. The van der Waals surface area contributed by atoms with Crippen molar-refractivity contribution in [3.8, 4) is 6.07 Å². The largest absolute Gasteiger partial charge is 0.287 e. The van der Waals surface area contributed by atoms with Gasteiger partial charge in [-0.25, -0.2) is 0 Å². The second-order valence-corrected chi connectivity index (χ2v) is 6.02. The molecule has 0 N–H and O–H groups in total. The van der Waals surface area contributed by atoms with Gasteiger partial charge in [-0.2, -0.15) is 5.26 Å². The molecule has 2 rings (SSSR count). The summed E-state index contributed by atoms with van der Waals surface area (Å²) in [5.74, 6) is 0.480. The van der Waals surface area contributed by atoms with Gasteiger partial charge in [0, 0.05) is 15.9 Å². The van der Waals surface area contributed by atoms with Crippen LogP contribution in [0.15, 0.2) is 52.3 Å². The van der Waals surface area contributed by atoms with E-state index >= 15 is 0 Å². The molecule has 2 aromatic rings. The number of hydrogen-bond donors (Lipinski definition) is 0. The molecule has 0 atom stereocenters. The van der Waals surface area contributed by atoms with E-state index in [1.807, 2.05) is 18.2 Å². The summed E-state index contributed by atoms with van der Waals surface area (Å²) in [6.07, 6.45) is 0. The fourth-order valence-electron chi connectivity index (χ4n) is 1.88. The van der Waals surface area contributed by atoms with Gasteiger partial charge in [-0.15, -0.1) is 0 Å². The summed E-state index contributed by atoms with van der Waals surface area (Å²) < 4.78 is 0. The van der Waals surface area contributed by atoms with Gasteiger partial charge in [0.15, 0.2) is 0 Å². The molecule has 106 valence electrons. The van der Waals surface area contributed by atoms with Crippen LogP contribution >= 0.6 is 11.8 Å². The van der Waals surface area contributed by atoms with Gasteiger partial charge in [0.25, 0.3) is 5.69 Å². The van der Waals surface area contributed by atoms with Gasteiger partial charge in [-0.1, -0.05) is 37.7 Å². The van der Waals surface area contributed by atoms with E-state index in [0.29, 0.717) is 5.92 Å². The van der Waals surface area contributed by atoms with Crippen LogP contribution in [0.3, 0.4) is 0 Å². The first-order valence-electron chi connectivity index (χ1n) is 6.47. The molecule has 0 unspecified atom stereocenters. The molecule has 0 amide bonds. The van der Waals surface area contributed by atoms with Crippen molar-refractivity contribution in [2.24, 2.45) is 0 Å². The molecule has 5 heteroatoms. The van der Waals surface area contributed by atoms with Crippen LogP contribution in [0.4, 0.5) is 5.69 Å². The second kappa shape index (κ2) is 6.42. The van der Waals surface area contributed by atoms with E-state index in [1.165, 1.54) is 23.4 Å². The summed E-state index contributed by atoms with van der Waals surface area (Å²) in [6.45, 7) is 4.27. The zero-order valence-electron chi connectivity index (χ0n) is 11.7. The van der Waals surface area contributed by atoms with E-state index < -0.39 is 4.92 Å². The van der Waals surface area contributed by atoms with Crippen LogP contribution in [-0.2, 0) is 0 Å². The monoisotopic (exact) mass is 298 g/mol. The van der Waals surface area contributed by atoms with Crippen LogP contribution in [0.25, 0.3) is 0 Å². The lowest BCUT2D eigenvalue weighted by molar-refractivity contribution is -0.385. The molecular formula is C16H14N2O2S. The number of rotatable bonds is 4. The van der Waals surface area contributed by atoms with Crippen LogP contribution in [0, 0.1) is 21.4 Å². The van der Waals surface area contributed by atoms with E-state index in [1.54, 1.807) is 12.1 Å². The van der Waals surface area contributed by atoms with Crippen molar-refractivity contribution < 1.29 is 4.92 Å². The summed E-state index contributed by atoms with van der Waals surface area (Å²) >= 11 is 1.48. The van der Waals surface area contributed by atoms with Crippen LogP contribution < -0.4 is 0 Å². The predicted molar refractivity (Wildman–Crippen MR) is 82.5 cm³/mol. The number of nitriles is 1. The van der Waals surface area contributed by atoms with Gasteiger partial charge < -0.3 is 0 Å². The van der Waals surface area contributed by atoms with Crippen molar-refractivity contribution in [1.82, 2.24) is 0 Å². The summed E-state index contributed by atoms with van der Waals surface area (Å²) in [5.41, 5.74) is 1.20. The highest BCUT2D eigenvalue weighted by atomic mass is 32.2. The average Bonchev–Trinajstić information content (AvgIpc) is 2.47. The Morgan fingerprint density at radius 3 is 2.29 bits per heavy atom. The molecule has 21 heavy (non-hydrogen) atoms. The number of hydrogen-bond acceptors (Lipinski definition) is 4. The summed E-state index contributed by atoms with van der Waals surface area (Å²) in [6, 6.07) is 14.7. The lowest BCUT2D eigenvalue weighted by Gasteiger charge is -2.07. The normalized spacial score (nSPS) is 10.4. The van der Waals surface area contributed by atoms with Crippen molar-refractivity contribution in [2.75, 3.05) is 0 Å². The fraction of sp³-hybridized carbons (Fsp3) is 0.188. The maximum absolute atomic E-state index is 10.8. The molecule has 0 radical (unpaired) electrons. The molecule has 4 nitrogen and oxygen atoms in total. The molecule has 0 aliphatic carbocycles. The lowest BCUT2D eigenvalue weighted by Crippen LogP contribution is -1.92. The minimum absolute atomic E-state index is 0.0869. The molecule has 0 fully saturated rings. The van der Waals surface area contributed by atoms with E-state index in [-0.39, 0.29) is 11.3 Å². The van der Waals surface area contributed by atoms with Gasteiger partial charge in [0.1, 0.15) is 11.6 Å². The van der Waals surface area contributed by atoms with Crippen molar-refractivity contribution in [3.63, 3.8) is 0 Å². The molecule has 0 aliphatic heterocycles. The van der Waals surface area contributed by atoms with E-state index in [2.05, 4.69) is 26.0 Å². The zero-order chi connectivity index (χ0) is 15.4. The minimum atomic E-state index is -0.537. The Kier molecular flexibility index (Phi) is 4.61. The molecular weight excluding hydrogens is 284 g/mol. The third-order valence-electron chi connectivity index (χ3n) is 3.07. The predicted octanol–water partition coefficient (Wildman–Crippen LogP) is 4.74. The van der Waals surface area contributed by atoms with E-state index in [4.69, 9.17) is 5.26 Å². The fourth-order valence-corrected chi connectivity index (χ4v) is 2.74. The molecule has 0 saturated heterocycles. The lowest BCUT2D eigenvalue weighted by atomic mass is 10.0. The molecule has 0 heterocycles. The maximum Gasteiger partial charge on any atom is 0.287 e. The highest BCUT2D eigenvalue weighted by Crippen LogP contribution is 2.31. The van der Waals surface area contributed by atoms with Gasteiger partial charge in [0.2, 0.25) is 0 Å². The van der Waals surface area contributed by atoms with Crippen LogP contribution in [-0.4, -0.2) is 4.92 Å². The minimum Gasteiger partial charge on any atom is -0.258 e. The third-order valence-corrected chi connectivity index (χ3v) is 4.07. The molecule has 0 saturated carbocycles. The Morgan fingerprint density at radius 2 is 1.76 bits per heavy atom. The highest BCUT2D eigenvalue weighted by Gasteiger charge is 2.14. The smallest absolute Gasteiger partial charge is 0.258 e. The van der Waals surface area contributed by atoms with Crippen molar-refractivity contribution in [3.05, 3.63) is 63.7 Å². The molecule has 0 bridgehead atoms. The SMILES string of the molecule is CC(C)c1ccc(Sc2ccc([N+](=O)[O-])c(C#N)c2)cc1. The summed E-state index contributed by atoms with van der Waals surface area (Å²) in [5, 5.41) is 19.8. The number of nitrogens with zero attached hydrogens (tertiary/aromatic N) is 2. The van der Waals surface area contributed by atoms with Gasteiger partial charge in [-0.3, -0.25) is 10.1 Å². The topological polar surface area (TPSA) is 66.9 Å². The maximum atomic E-state index is 10.8. The Bertz CT molecular complexity index is 703. The van der Waals surface area contributed by atoms with Crippen LogP contribution in [0.2, 0.25) is 0 Å². The highest BCUT2D eigenvalue weighted by molar-refractivity contribution is 7.99. The number of benzene rings is 2. The third kappa shape index (κ3) is 3.61. The van der Waals surface area contributed by atoms with Crippen LogP contribution in [0.1, 0.15) is 30.9 Å². The van der Waals surface area contributed by atoms with Crippen molar-refractivity contribution in [2.45, 2.75) is 29.6 Å². The quantitative estimate of drug-likeness (QED) is 0.604. The Hall–Kier alpha value is -2.32. The Labute approximate surface area is 127 Å². The first-order valence-corrected chi connectivity index (χ1v) is 7.29. The first-order chi connectivity index (χ1) is 10.0. The van der Waals surface area contributed by atoms with Crippen LogP contribution in [0.5, 0.6) is 0 Å². The summed E-state index contributed by atoms with van der Waals surface area (Å²) in [7, 11) is 0. The Morgan fingerprint density at radius 1 is 1.14 bits per heavy atom. The standard InChI is InChI=1S/C16H14N2O2S/c1-11(2)12-3-5-14(6-4-12)21-15-7-8-16(18(19)20)13(9-15)10-17/h3-9,11H,1-2H3. The summed E-state index contributed by atoms with van der Waals surface area (Å²) in [4.78, 5) is 12.1. The van der Waals surface area contributed by atoms with Gasteiger partial charge >= 0.3 is 0 Å². The second-order valence-electron chi connectivity index (χ2n) is 4.87. The van der Waals surface area contributed by atoms with Crippen molar-refractivity contribution in [1.29, 1.82) is 5.26 Å². The molecule has 0 aliphatic rings. The Balaban J connectivity index is 2.24. The molecule has 0 aromatic heterocycles. The van der Waals surface area contributed by atoms with E-state index in [0.717, 1.165) is 9.79 Å². The van der Waals surface area contributed by atoms with Gasteiger partial charge in [-0.05, 0) is 35.7 Å². The van der Waals surface area contributed by atoms with Crippen molar-refractivity contribution >= 4 is 17.4 Å². The van der Waals surface area contributed by atoms with Gasteiger partial charge in [0.05, 0.1) is 4.92 Å². The number of nitro benzene ring substituents is 1.